The van der Waals surface area contributed by atoms with Gasteiger partial charge in [0.25, 0.3) is 0 Å². The Labute approximate surface area is 206 Å². The summed E-state index contributed by atoms with van der Waals surface area (Å²) in [4.78, 5) is 56.4. The summed E-state index contributed by atoms with van der Waals surface area (Å²) in [6, 6.07) is 2.63. The van der Waals surface area contributed by atoms with Crippen LogP contribution in [0.2, 0.25) is 0 Å². The molecule has 2 heterocycles. The third-order valence-electron chi connectivity index (χ3n) is 7.29. The van der Waals surface area contributed by atoms with Gasteiger partial charge < -0.3 is 19.4 Å². The Kier molecular flexibility index (Phi) is 6.85. The molecule has 3 fully saturated rings. The molecule has 36 heavy (non-hydrogen) atoms. The van der Waals surface area contributed by atoms with E-state index in [9.17, 15) is 32.3 Å². The van der Waals surface area contributed by atoms with Gasteiger partial charge in [-0.1, -0.05) is 18.7 Å². The lowest BCUT2D eigenvalue weighted by atomic mass is 9.98. The van der Waals surface area contributed by atoms with Crippen LogP contribution in [0.1, 0.15) is 36.8 Å². The lowest BCUT2D eigenvalue weighted by molar-refractivity contribution is -0.160. The molecule has 0 radical (unpaired) electrons. The van der Waals surface area contributed by atoms with E-state index in [1.807, 2.05) is 0 Å². The van der Waals surface area contributed by atoms with Crippen molar-refractivity contribution in [1.82, 2.24) is 14.7 Å². The number of hydrogen-bond acceptors (Lipinski definition) is 5. The van der Waals surface area contributed by atoms with Crippen molar-refractivity contribution in [2.45, 2.75) is 55.9 Å². The summed E-state index contributed by atoms with van der Waals surface area (Å²) in [5.74, 6) is -1.75. The molecule has 2 aliphatic heterocycles. The van der Waals surface area contributed by atoms with Gasteiger partial charge in [-0.25, -0.2) is 4.79 Å². The Morgan fingerprint density at radius 2 is 1.83 bits per heavy atom. The Bertz CT molecular complexity index is 1070. The molecule has 0 unspecified atom stereocenters. The highest BCUT2D eigenvalue weighted by atomic mass is 19.4. The van der Waals surface area contributed by atoms with Crippen molar-refractivity contribution >= 4 is 23.7 Å². The van der Waals surface area contributed by atoms with Crippen molar-refractivity contribution in [2.75, 3.05) is 26.7 Å². The smallest absolute Gasteiger partial charge is 0.416 e. The number of carbonyl (C=O) groups excluding carboxylic acids is 4. The summed E-state index contributed by atoms with van der Waals surface area (Å²) in [7, 11) is 1.24. The molecule has 0 bridgehead atoms. The molecule has 8 nitrogen and oxygen atoms in total. The second-order valence-corrected chi connectivity index (χ2v) is 9.35. The lowest BCUT2D eigenvalue weighted by Gasteiger charge is -2.44. The molecule has 11 heteroatoms. The summed E-state index contributed by atoms with van der Waals surface area (Å²) in [6.07, 6.45) is -1.46. The van der Waals surface area contributed by atoms with E-state index in [0.717, 1.165) is 18.2 Å². The fraction of sp³-hybridized carbons (Fsp3) is 0.520. The van der Waals surface area contributed by atoms with E-state index >= 15 is 0 Å². The van der Waals surface area contributed by atoms with E-state index in [2.05, 4.69) is 6.58 Å². The zero-order valence-corrected chi connectivity index (χ0v) is 19.9. The topological polar surface area (TPSA) is 87.2 Å². The van der Waals surface area contributed by atoms with Crippen LogP contribution < -0.4 is 0 Å². The molecule has 1 saturated carbocycles. The summed E-state index contributed by atoms with van der Waals surface area (Å²) in [5, 5.41) is 0. The predicted octanol–water partition coefficient (Wildman–Crippen LogP) is 2.17. The Morgan fingerprint density at radius 3 is 2.39 bits per heavy atom. The summed E-state index contributed by atoms with van der Waals surface area (Å²) < 4.78 is 44.0. The first-order chi connectivity index (χ1) is 17.0. The molecule has 1 aromatic rings. The van der Waals surface area contributed by atoms with Crippen molar-refractivity contribution in [3.8, 4) is 0 Å². The highest BCUT2D eigenvalue weighted by Gasteiger charge is 2.61. The average Bonchev–Trinajstić information content (AvgIpc) is 3.49. The van der Waals surface area contributed by atoms with Crippen LogP contribution in [-0.4, -0.2) is 82.8 Å². The molecule has 3 amide bonds. The summed E-state index contributed by atoms with van der Waals surface area (Å²) >= 11 is 0. The van der Waals surface area contributed by atoms with Gasteiger partial charge in [0.2, 0.25) is 17.7 Å². The fourth-order valence-electron chi connectivity index (χ4n) is 5.22. The first kappa shape index (κ1) is 25.7. The summed E-state index contributed by atoms with van der Waals surface area (Å²) in [5.41, 5.74) is -1.41. The molecule has 4 rings (SSSR count). The SMILES string of the molecule is C=CC(=O)N1CCN([C@@H](Cc2ccc(C(F)(F)F)cc2)C(=O)N2CCC[C@H]2C(=O)OC)C(=O)C12CC2. The molecule has 2 saturated heterocycles. The van der Waals surface area contributed by atoms with Crippen LogP contribution in [0.3, 0.4) is 0 Å². The minimum Gasteiger partial charge on any atom is -0.467 e. The average molecular weight is 508 g/mol. The van der Waals surface area contributed by atoms with Gasteiger partial charge in [-0.15, -0.1) is 0 Å². The van der Waals surface area contributed by atoms with Gasteiger partial charge in [-0.3, -0.25) is 14.4 Å². The van der Waals surface area contributed by atoms with Crippen LogP contribution >= 0.6 is 0 Å². The fourth-order valence-corrected chi connectivity index (χ4v) is 5.22. The van der Waals surface area contributed by atoms with Gasteiger partial charge in [0.1, 0.15) is 17.6 Å². The van der Waals surface area contributed by atoms with Crippen molar-refractivity contribution < 1.29 is 37.1 Å². The number of esters is 1. The maximum atomic E-state index is 13.8. The highest BCUT2D eigenvalue weighted by molar-refractivity contribution is 6.00. The second-order valence-electron chi connectivity index (χ2n) is 9.35. The minimum atomic E-state index is -4.50. The molecular formula is C25H28F3N3O5. The van der Waals surface area contributed by atoms with Crippen molar-refractivity contribution in [3.63, 3.8) is 0 Å². The number of benzene rings is 1. The number of carbonyl (C=O) groups is 4. The van der Waals surface area contributed by atoms with Crippen molar-refractivity contribution in [3.05, 3.63) is 48.0 Å². The van der Waals surface area contributed by atoms with Gasteiger partial charge >= 0.3 is 12.1 Å². The lowest BCUT2D eigenvalue weighted by Crippen LogP contribution is -2.65. The zero-order chi connectivity index (χ0) is 26.3. The molecule has 0 N–H and O–H groups in total. The highest BCUT2D eigenvalue weighted by Crippen LogP contribution is 2.46. The maximum absolute atomic E-state index is 13.8. The van der Waals surface area contributed by atoms with Gasteiger partial charge in [0, 0.05) is 26.1 Å². The number of nitrogens with zero attached hydrogens (tertiary/aromatic N) is 3. The number of likely N-dealkylation sites (tertiary alicyclic amines) is 1. The van der Waals surface area contributed by atoms with Crippen LogP contribution in [0, 0.1) is 0 Å². The first-order valence-corrected chi connectivity index (χ1v) is 11.8. The molecule has 2 atom stereocenters. The van der Waals surface area contributed by atoms with Crippen LogP contribution in [0.4, 0.5) is 13.2 Å². The number of rotatable bonds is 6. The van der Waals surface area contributed by atoms with Crippen molar-refractivity contribution in [1.29, 1.82) is 0 Å². The predicted molar refractivity (Wildman–Crippen MR) is 121 cm³/mol. The first-order valence-electron chi connectivity index (χ1n) is 11.8. The van der Waals surface area contributed by atoms with Gasteiger partial charge in [0.05, 0.1) is 12.7 Å². The maximum Gasteiger partial charge on any atom is 0.416 e. The van der Waals surface area contributed by atoms with Crippen LogP contribution in [0.5, 0.6) is 0 Å². The third-order valence-corrected chi connectivity index (χ3v) is 7.29. The molecular weight excluding hydrogens is 479 g/mol. The standard InChI is InChI=1S/C25H28F3N3O5/c1-3-20(32)31-14-13-30(23(35)24(31)10-11-24)19(15-16-6-8-17(9-7-16)25(26,27)28)21(33)29-12-4-5-18(29)22(34)36-2/h3,6-9,18-19H,1,4-5,10-15H2,2H3/t18-,19-/m0/s1. The van der Waals surface area contributed by atoms with E-state index in [1.165, 1.54) is 33.9 Å². The van der Waals surface area contributed by atoms with Gasteiger partial charge in [-0.2, -0.15) is 13.2 Å². The molecule has 0 aromatic heterocycles. The van der Waals surface area contributed by atoms with Gasteiger partial charge in [-0.05, 0) is 49.5 Å². The van der Waals surface area contributed by atoms with E-state index in [1.54, 1.807) is 0 Å². The number of hydrogen-bond donors (Lipinski definition) is 0. The third kappa shape index (κ3) is 4.58. The Morgan fingerprint density at radius 1 is 1.17 bits per heavy atom. The number of methoxy groups -OCH3 is 1. The van der Waals surface area contributed by atoms with E-state index in [4.69, 9.17) is 4.74 Å². The van der Waals surface area contributed by atoms with Gasteiger partial charge in [0.15, 0.2) is 0 Å². The molecule has 1 spiro atoms. The zero-order valence-electron chi connectivity index (χ0n) is 19.9. The second kappa shape index (κ2) is 9.59. The number of halogens is 3. The molecule has 3 aliphatic rings. The minimum absolute atomic E-state index is 0.0292. The number of alkyl halides is 3. The molecule has 194 valence electrons. The normalized spacial score (nSPS) is 21.9. The Hall–Kier alpha value is -3.37. The molecule has 1 aliphatic carbocycles. The Balaban J connectivity index is 1.65. The van der Waals surface area contributed by atoms with Crippen LogP contribution in [-0.2, 0) is 36.5 Å². The van der Waals surface area contributed by atoms with Crippen LogP contribution in [0.15, 0.2) is 36.9 Å². The van der Waals surface area contributed by atoms with Crippen LogP contribution in [0.25, 0.3) is 0 Å². The largest absolute Gasteiger partial charge is 0.467 e. The molecule has 1 aromatic carbocycles. The number of amides is 3. The number of piperazine rings is 1. The quantitative estimate of drug-likeness (QED) is 0.435. The number of ether oxygens (including phenoxy) is 1. The summed E-state index contributed by atoms with van der Waals surface area (Å²) in [6.45, 7) is 4.08. The van der Waals surface area contributed by atoms with E-state index in [0.29, 0.717) is 37.8 Å². The van der Waals surface area contributed by atoms with E-state index < -0.39 is 41.2 Å². The monoisotopic (exact) mass is 507 g/mol. The van der Waals surface area contributed by atoms with Crippen molar-refractivity contribution in [2.24, 2.45) is 0 Å². The van der Waals surface area contributed by atoms with E-state index in [-0.39, 0.29) is 31.3 Å².